The van der Waals surface area contributed by atoms with Crippen LogP contribution in [0.2, 0.25) is 0 Å². The number of rotatable bonds is 4. The number of benzene rings is 2. The topological polar surface area (TPSA) is 62.3 Å². The summed E-state index contributed by atoms with van der Waals surface area (Å²) in [5, 5.41) is 2.63. The normalized spacial score (nSPS) is 15.2. The van der Waals surface area contributed by atoms with Crippen molar-refractivity contribution in [3.8, 4) is 11.1 Å². The van der Waals surface area contributed by atoms with E-state index in [2.05, 4.69) is 10.3 Å². The van der Waals surface area contributed by atoms with Crippen LogP contribution < -0.4 is 10.2 Å². The van der Waals surface area contributed by atoms with Crippen LogP contribution in [0.15, 0.2) is 54.7 Å². The van der Waals surface area contributed by atoms with Gasteiger partial charge in [0, 0.05) is 28.7 Å². The SMILES string of the molecule is Cc1cc2c(cn1)-c1ccc(F)cc1C(C)C(=O)N2CC(=O)Nc1ccc(C(F)F)cc1. The zero-order valence-corrected chi connectivity index (χ0v) is 17.4. The number of aromatic nitrogens is 1. The lowest BCUT2D eigenvalue weighted by Gasteiger charge is -2.24. The molecule has 4 rings (SSSR count). The number of halogens is 3. The standard InChI is InChI=1S/C24H20F3N3O2/c1-13-9-21-20(11-28-13)18-8-5-16(25)10-19(18)14(2)24(32)30(21)12-22(31)29-17-6-3-15(4-7-17)23(26)27/h3-11,14,23H,12H2,1-2H3,(H,29,31). The fourth-order valence-electron chi connectivity index (χ4n) is 3.82. The fraction of sp³-hybridized carbons (Fsp3) is 0.208. The van der Waals surface area contributed by atoms with Gasteiger partial charge in [-0.1, -0.05) is 18.2 Å². The second kappa shape index (κ2) is 8.45. The number of hydrogen-bond donors (Lipinski definition) is 1. The molecule has 1 atom stereocenters. The Morgan fingerprint density at radius 2 is 1.84 bits per heavy atom. The van der Waals surface area contributed by atoms with Crippen molar-refractivity contribution in [3.63, 3.8) is 0 Å². The van der Waals surface area contributed by atoms with Crippen LogP contribution in [0.1, 0.15) is 36.1 Å². The summed E-state index contributed by atoms with van der Waals surface area (Å²) in [5.41, 5.74) is 3.17. The average Bonchev–Trinajstić information content (AvgIpc) is 2.83. The van der Waals surface area contributed by atoms with Gasteiger partial charge in [-0.2, -0.15) is 0 Å². The minimum absolute atomic E-state index is 0.151. The van der Waals surface area contributed by atoms with E-state index in [-0.39, 0.29) is 18.0 Å². The molecule has 5 nitrogen and oxygen atoms in total. The van der Waals surface area contributed by atoms with Gasteiger partial charge >= 0.3 is 0 Å². The van der Waals surface area contributed by atoms with E-state index < -0.39 is 24.1 Å². The molecule has 0 radical (unpaired) electrons. The summed E-state index contributed by atoms with van der Waals surface area (Å²) in [5.74, 6) is -1.99. The van der Waals surface area contributed by atoms with Crippen LogP contribution in [-0.2, 0) is 9.59 Å². The molecular weight excluding hydrogens is 419 g/mol. The maximum absolute atomic E-state index is 13.9. The number of amides is 2. The summed E-state index contributed by atoms with van der Waals surface area (Å²) in [4.78, 5) is 31.7. The predicted octanol–water partition coefficient (Wildman–Crippen LogP) is 5.22. The molecule has 32 heavy (non-hydrogen) atoms. The molecular formula is C24H20F3N3O2. The van der Waals surface area contributed by atoms with Crippen LogP contribution in [-0.4, -0.2) is 23.3 Å². The van der Waals surface area contributed by atoms with Crippen LogP contribution >= 0.6 is 0 Å². The molecule has 0 saturated heterocycles. The molecule has 1 aliphatic heterocycles. The van der Waals surface area contributed by atoms with E-state index in [4.69, 9.17) is 0 Å². The lowest BCUT2D eigenvalue weighted by Crippen LogP contribution is -2.40. The number of nitrogens with zero attached hydrogens (tertiary/aromatic N) is 2. The van der Waals surface area contributed by atoms with Gasteiger partial charge in [-0.3, -0.25) is 14.6 Å². The third-order valence-electron chi connectivity index (χ3n) is 5.46. The molecule has 2 aromatic carbocycles. The quantitative estimate of drug-likeness (QED) is 0.606. The molecule has 1 unspecified atom stereocenters. The third kappa shape index (κ3) is 4.08. The smallest absolute Gasteiger partial charge is 0.263 e. The molecule has 0 bridgehead atoms. The van der Waals surface area contributed by atoms with E-state index in [1.54, 1.807) is 32.2 Å². The molecule has 1 aromatic heterocycles. The van der Waals surface area contributed by atoms with Crippen LogP contribution in [0.25, 0.3) is 11.1 Å². The maximum Gasteiger partial charge on any atom is 0.263 e. The minimum atomic E-state index is -2.60. The van der Waals surface area contributed by atoms with Crippen LogP contribution in [0.3, 0.4) is 0 Å². The number of nitrogens with one attached hydrogen (secondary N) is 1. The Morgan fingerprint density at radius 1 is 1.12 bits per heavy atom. The highest BCUT2D eigenvalue weighted by molar-refractivity contribution is 6.09. The number of aryl methyl sites for hydroxylation is 1. The van der Waals surface area contributed by atoms with Crippen molar-refractivity contribution in [1.82, 2.24) is 4.98 Å². The Labute approximate surface area is 182 Å². The van der Waals surface area contributed by atoms with Crippen molar-refractivity contribution < 1.29 is 22.8 Å². The van der Waals surface area contributed by atoms with Gasteiger partial charge < -0.3 is 10.2 Å². The number of pyridine rings is 1. The Morgan fingerprint density at radius 3 is 2.53 bits per heavy atom. The Hall–Kier alpha value is -3.68. The van der Waals surface area contributed by atoms with Gasteiger partial charge in [0.1, 0.15) is 12.4 Å². The van der Waals surface area contributed by atoms with Crippen molar-refractivity contribution in [3.05, 3.63) is 77.4 Å². The summed E-state index contributed by atoms with van der Waals surface area (Å²) in [7, 11) is 0. The van der Waals surface area contributed by atoms with Gasteiger partial charge in [-0.05, 0) is 55.3 Å². The molecule has 0 saturated carbocycles. The van der Waals surface area contributed by atoms with Crippen molar-refractivity contribution in [2.75, 3.05) is 16.8 Å². The molecule has 1 aliphatic rings. The second-order valence-electron chi connectivity index (χ2n) is 7.69. The van der Waals surface area contributed by atoms with E-state index >= 15 is 0 Å². The Balaban J connectivity index is 1.67. The van der Waals surface area contributed by atoms with Crippen molar-refractivity contribution in [2.45, 2.75) is 26.2 Å². The Bertz CT molecular complexity index is 1200. The van der Waals surface area contributed by atoms with E-state index in [0.717, 1.165) is 0 Å². The largest absolute Gasteiger partial charge is 0.325 e. The van der Waals surface area contributed by atoms with Gasteiger partial charge in [0.2, 0.25) is 11.8 Å². The number of hydrogen-bond acceptors (Lipinski definition) is 3. The summed E-state index contributed by atoms with van der Waals surface area (Å²) in [6, 6.07) is 11.2. The van der Waals surface area contributed by atoms with Gasteiger partial charge in [0.25, 0.3) is 6.43 Å². The minimum Gasteiger partial charge on any atom is -0.325 e. The predicted molar refractivity (Wildman–Crippen MR) is 115 cm³/mol. The lowest BCUT2D eigenvalue weighted by molar-refractivity contribution is -0.122. The van der Waals surface area contributed by atoms with Gasteiger partial charge in [0.15, 0.2) is 0 Å². The molecule has 1 N–H and O–H groups in total. The lowest BCUT2D eigenvalue weighted by atomic mass is 9.93. The number of carbonyl (C=O) groups is 2. The maximum atomic E-state index is 13.9. The molecule has 164 valence electrons. The first-order chi connectivity index (χ1) is 15.2. The first-order valence-corrected chi connectivity index (χ1v) is 10.0. The number of alkyl halides is 2. The molecule has 8 heteroatoms. The molecule has 2 heterocycles. The molecule has 3 aromatic rings. The van der Waals surface area contributed by atoms with Crippen molar-refractivity contribution in [2.24, 2.45) is 0 Å². The van der Waals surface area contributed by atoms with Crippen molar-refractivity contribution >= 4 is 23.2 Å². The van der Waals surface area contributed by atoms with Crippen LogP contribution in [0.5, 0.6) is 0 Å². The molecule has 0 spiro atoms. The highest BCUT2D eigenvalue weighted by atomic mass is 19.3. The first-order valence-electron chi connectivity index (χ1n) is 10.0. The highest BCUT2D eigenvalue weighted by Crippen LogP contribution is 2.41. The van der Waals surface area contributed by atoms with Crippen molar-refractivity contribution in [1.29, 1.82) is 0 Å². The second-order valence-corrected chi connectivity index (χ2v) is 7.69. The average molecular weight is 439 g/mol. The molecule has 2 amide bonds. The summed E-state index contributed by atoms with van der Waals surface area (Å²) in [6.07, 6.45) is -0.989. The number of anilines is 2. The van der Waals surface area contributed by atoms with Gasteiger partial charge in [-0.15, -0.1) is 0 Å². The first kappa shape index (κ1) is 21.5. The summed E-state index contributed by atoms with van der Waals surface area (Å²) in [6.45, 7) is 3.14. The Kier molecular flexibility index (Phi) is 5.69. The zero-order valence-electron chi connectivity index (χ0n) is 17.4. The summed E-state index contributed by atoms with van der Waals surface area (Å²) >= 11 is 0. The van der Waals surface area contributed by atoms with Crippen LogP contribution in [0, 0.1) is 12.7 Å². The monoisotopic (exact) mass is 439 g/mol. The van der Waals surface area contributed by atoms with Crippen LogP contribution in [0.4, 0.5) is 24.5 Å². The molecule has 0 fully saturated rings. The van der Waals surface area contributed by atoms with E-state index in [9.17, 15) is 22.8 Å². The summed E-state index contributed by atoms with van der Waals surface area (Å²) < 4.78 is 39.4. The number of carbonyl (C=O) groups excluding carboxylic acids is 2. The third-order valence-corrected chi connectivity index (χ3v) is 5.46. The number of fused-ring (bicyclic) bond motifs is 3. The zero-order chi connectivity index (χ0) is 23.0. The van der Waals surface area contributed by atoms with Gasteiger partial charge in [0.05, 0.1) is 11.6 Å². The highest BCUT2D eigenvalue weighted by Gasteiger charge is 2.33. The van der Waals surface area contributed by atoms with E-state index in [0.29, 0.717) is 33.8 Å². The fourth-order valence-corrected chi connectivity index (χ4v) is 3.82. The van der Waals surface area contributed by atoms with E-state index in [1.165, 1.54) is 41.3 Å². The molecule has 0 aliphatic carbocycles. The van der Waals surface area contributed by atoms with Gasteiger partial charge in [-0.25, -0.2) is 13.2 Å². The van der Waals surface area contributed by atoms with E-state index in [1.807, 2.05) is 0 Å².